The average molecular weight is 300 g/mol. The van der Waals surface area contributed by atoms with E-state index in [0.29, 0.717) is 13.2 Å². The van der Waals surface area contributed by atoms with Crippen LogP contribution in [0.4, 0.5) is 0 Å². The molecule has 74 valence electrons. The van der Waals surface area contributed by atoms with E-state index in [2.05, 4.69) is 47.4 Å². The lowest BCUT2D eigenvalue weighted by molar-refractivity contribution is 0.193. The Labute approximate surface area is 98.6 Å². The molecule has 0 saturated heterocycles. The summed E-state index contributed by atoms with van der Waals surface area (Å²) in [5.74, 6) is 0. The molecule has 0 radical (unpaired) electrons. The van der Waals surface area contributed by atoms with E-state index in [1.54, 1.807) is 0 Å². The quantitative estimate of drug-likeness (QED) is 0.595. The molecule has 0 spiro atoms. The van der Waals surface area contributed by atoms with Crippen molar-refractivity contribution in [1.82, 2.24) is 0 Å². The standard InChI is InChI=1S/C12H13IO/c1-11(13)10-14-9-5-8-12-6-3-2-4-7-12/h2-8H,1,9-10H2/b8-5+. The van der Waals surface area contributed by atoms with E-state index < -0.39 is 0 Å². The van der Waals surface area contributed by atoms with Gasteiger partial charge in [0.25, 0.3) is 0 Å². The summed E-state index contributed by atoms with van der Waals surface area (Å²) in [6.45, 7) is 5.01. The molecule has 1 aromatic carbocycles. The molecule has 0 saturated carbocycles. The molecule has 0 aliphatic heterocycles. The molecule has 0 aromatic heterocycles. The molecule has 0 unspecified atom stereocenters. The minimum absolute atomic E-state index is 0.625. The molecule has 14 heavy (non-hydrogen) atoms. The normalized spacial score (nSPS) is 10.6. The average Bonchev–Trinajstić information content (AvgIpc) is 2.18. The molecule has 0 fully saturated rings. The Morgan fingerprint density at radius 3 is 2.71 bits per heavy atom. The van der Waals surface area contributed by atoms with Crippen LogP contribution in [0.15, 0.2) is 46.6 Å². The zero-order valence-corrected chi connectivity index (χ0v) is 10.1. The highest BCUT2D eigenvalue weighted by atomic mass is 127. The Hall–Kier alpha value is -0.610. The highest BCUT2D eigenvalue weighted by Gasteiger charge is 1.86. The zero-order chi connectivity index (χ0) is 10.2. The fraction of sp³-hybridized carbons (Fsp3) is 0.167. The molecule has 1 aromatic rings. The summed E-state index contributed by atoms with van der Waals surface area (Å²) in [5.41, 5.74) is 1.20. The number of rotatable bonds is 5. The molecule has 0 heterocycles. The van der Waals surface area contributed by atoms with Crippen LogP contribution >= 0.6 is 22.6 Å². The number of halogens is 1. The van der Waals surface area contributed by atoms with Gasteiger partial charge in [-0.05, 0) is 28.2 Å². The van der Waals surface area contributed by atoms with E-state index in [1.807, 2.05) is 24.3 Å². The third-order valence-corrected chi connectivity index (χ3v) is 1.89. The van der Waals surface area contributed by atoms with E-state index in [4.69, 9.17) is 4.74 Å². The molecule has 0 atom stereocenters. The lowest BCUT2D eigenvalue weighted by Crippen LogP contribution is -1.92. The summed E-state index contributed by atoms with van der Waals surface area (Å²) in [4.78, 5) is 0. The van der Waals surface area contributed by atoms with Gasteiger partial charge in [0, 0.05) is 3.58 Å². The van der Waals surface area contributed by atoms with Crippen molar-refractivity contribution in [3.05, 3.63) is 52.1 Å². The molecule has 0 aliphatic rings. The van der Waals surface area contributed by atoms with Gasteiger partial charge in [-0.2, -0.15) is 0 Å². The van der Waals surface area contributed by atoms with E-state index in [0.717, 1.165) is 3.58 Å². The predicted molar refractivity (Wildman–Crippen MR) is 69.5 cm³/mol. The van der Waals surface area contributed by atoms with Crippen LogP contribution in [0, 0.1) is 0 Å². The van der Waals surface area contributed by atoms with Crippen molar-refractivity contribution < 1.29 is 4.74 Å². The van der Waals surface area contributed by atoms with Crippen LogP contribution in [0.3, 0.4) is 0 Å². The van der Waals surface area contributed by atoms with Crippen molar-refractivity contribution in [3.8, 4) is 0 Å². The Morgan fingerprint density at radius 2 is 2.07 bits per heavy atom. The lowest BCUT2D eigenvalue weighted by Gasteiger charge is -1.97. The van der Waals surface area contributed by atoms with Crippen LogP contribution in [0.1, 0.15) is 5.56 Å². The van der Waals surface area contributed by atoms with Crippen LogP contribution < -0.4 is 0 Å². The van der Waals surface area contributed by atoms with Crippen LogP contribution in [0.2, 0.25) is 0 Å². The Morgan fingerprint density at radius 1 is 1.36 bits per heavy atom. The number of hydrogen-bond donors (Lipinski definition) is 0. The maximum atomic E-state index is 5.32. The molecule has 1 rings (SSSR count). The van der Waals surface area contributed by atoms with Gasteiger partial charge in [0.1, 0.15) is 0 Å². The summed E-state index contributed by atoms with van der Waals surface area (Å²) < 4.78 is 6.35. The van der Waals surface area contributed by atoms with Gasteiger partial charge >= 0.3 is 0 Å². The van der Waals surface area contributed by atoms with Gasteiger partial charge in [0.15, 0.2) is 0 Å². The van der Waals surface area contributed by atoms with Crippen molar-refractivity contribution in [1.29, 1.82) is 0 Å². The van der Waals surface area contributed by atoms with Crippen LogP contribution in [0.5, 0.6) is 0 Å². The molecule has 0 aliphatic carbocycles. The maximum Gasteiger partial charge on any atom is 0.0772 e. The Balaban J connectivity index is 2.25. The molecule has 0 N–H and O–H groups in total. The van der Waals surface area contributed by atoms with Crippen molar-refractivity contribution in [2.45, 2.75) is 0 Å². The molecular formula is C12H13IO. The topological polar surface area (TPSA) is 9.23 Å². The van der Waals surface area contributed by atoms with Gasteiger partial charge in [-0.15, -0.1) is 0 Å². The fourth-order valence-corrected chi connectivity index (χ4v) is 1.21. The summed E-state index contributed by atoms with van der Waals surface area (Å²) >= 11 is 2.16. The minimum Gasteiger partial charge on any atom is -0.372 e. The van der Waals surface area contributed by atoms with Crippen LogP contribution in [0.25, 0.3) is 6.08 Å². The smallest absolute Gasteiger partial charge is 0.0772 e. The summed E-state index contributed by atoms with van der Waals surface area (Å²) in [6.07, 6.45) is 4.06. The zero-order valence-electron chi connectivity index (χ0n) is 7.95. The van der Waals surface area contributed by atoms with Crippen LogP contribution in [-0.4, -0.2) is 13.2 Å². The highest BCUT2D eigenvalue weighted by Crippen LogP contribution is 2.03. The van der Waals surface area contributed by atoms with E-state index in [9.17, 15) is 0 Å². The fourth-order valence-electron chi connectivity index (χ4n) is 0.986. The van der Waals surface area contributed by atoms with Crippen LogP contribution in [-0.2, 0) is 4.74 Å². The van der Waals surface area contributed by atoms with Gasteiger partial charge in [-0.25, -0.2) is 0 Å². The molecule has 2 heteroatoms. The highest BCUT2D eigenvalue weighted by molar-refractivity contribution is 14.1. The second-order valence-corrected chi connectivity index (χ2v) is 4.37. The largest absolute Gasteiger partial charge is 0.372 e. The first-order valence-electron chi connectivity index (χ1n) is 4.41. The molecule has 0 amide bonds. The summed E-state index contributed by atoms with van der Waals surface area (Å²) in [6, 6.07) is 10.2. The molecule has 1 nitrogen and oxygen atoms in total. The first-order chi connectivity index (χ1) is 6.79. The van der Waals surface area contributed by atoms with Gasteiger partial charge in [0.2, 0.25) is 0 Å². The lowest BCUT2D eigenvalue weighted by atomic mass is 10.2. The second-order valence-electron chi connectivity index (χ2n) is 2.85. The SMILES string of the molecule is C=C(I)COC/C=C/c1ccccc1. The number of ether oxygens (including phenoxy) is 1. The Kier molecular flexibility index (Phi) is 5.56. The Bertz CT molecular complexity index is 303. The third-order valence-electron chi connectivity index (χ3n) is 1.58. The predicted octanol–water partition coefficient (Wildman–Crippen LogP) is 3.67. The van der Waals surface area contributed by atoms with E-state index >= 15 is 0 Å². The first kappa shape index (κ1) is 11.5. The third kappa shape index (κ3) is 5.19. The second kappa shape index (κ2) is 6.79. The van der Waals surface area contributed by atoms with E-state index in [1.165, 1.54) is 5.56 Å². The number of benzene rings is 1. The monoisotopic (exact) mass is 300 g/mol. The van der Waals surface area contributed by atoms with Crippen molar-refractivity contribution in [2.24, 2.45) is 0 Å². The van der Waals surface area contributed by atoms with Gasteiger partial charge < -0.3 is 4.74 Å². The minimum atomic E-state index is 0.625. The molecular weight excluding hydrogens is 287 g/mol. The maximum absolute atomic E-state index is 5.32. The van der Waals surface area contributed by atoms with Crippen molar-refractivity contribution in [2.75, 3.05) is 13.2 Å². The number of hydrogen-bond acceptors (Lipinski definition) is 1. The van der Waals surface area contributed by atoms with E-state index in [-0.39, 0.29) is 0 Å². The first-order valence-corrected chi connectivity index (χ1v) is 5.49. The van der Waals surface area contributed by atoms with Crippen molar-refractivity contribution >= 4 is 28.7 Å². The summed E-state index contributed by atoms with van der Waals surface area (Å²) in [7, 11) is 0. The molecule has 0 bridgehead atoms. The van der Waals surface area contributed by atoms with Crippen molar-refractivity contribution in [3.63, 3.8) is 0 Å². The summed E-state index contributed by atoms with van der Waals surface area (Å²) in [5, 5.41) is 0. The van der Waals surface area contributed by atoms with Gasteiger partial charge in [-0.1, -0.05) is 49.1 Å². The van der Waals surface area contributed by atoms with Gasteiger partial charge in [0.05, 0.1) is 13.2 Å². The van der Waals surface area contributed by atoms with Gasteiger partial charge in [-0.3, -0.25) is 0 Å².